The first-order valence-corrected chi connectivity index (χ1v) is 10.1. The fourth-order valence-corrected chi connectivity index (χ4v) is 4.22. The number of rotatable bonds is 3. The molecule has 2 saturated heterocycles. The Hall–Kier alpha value is -2.47. The average Bonchev–Trinajstić information content (AvgIpc) is 3.28. The van der Waals surface area contributed by atoms with Gasteiger partial charge in [-0.2, -0.15) is 0 Å². The molecular weight excluding hydrogens is 378 g/mol. The Morgan fingerprint density at radius 2 is 1.82 bits per heavy atom. The van der Waals surface area contributed by atoms with Gasteiger partial charge in [0.05, 0.1) is 12.2 Å². The van der Waals surface area contributed by atoms with Gasteiger partial charge in [0, 0.05) is 50.0 Å². The number of hydrogen-bond donors (Lipinski definition) is 0. The number of piperidine rings is 1. The molecule has 2 aliphatic rings. The van der Waals surface area contributed by atoms with E-state index in [2.05, 4.69) is 4.90 Å². The van der Waals surface area contributed by atoms with Gasteiger partial charge in [0.2, 0.25) is 5.91 Å². The fraction of sp³-hybridized carbons (Fsp3) is 0.429. The van der Waals surface area contributed by atoms with E-state index in [4.69, 9.17) is 16.0 Å². The summed E-state index contributed by atoms with van der Waals surface area (Å²) in [4.78, 5) is 31.5. The molecule has 1 aromatic heterocycles. The molecular formula is C21H24ClN3O3. The highest BCUT2D eigenvalue weighted by Gasteiger charge is 2.33. The maximum Gasteiger partial charge on any atom is 0.289 e. The van der Waals surface area contributed by atoms with Crippen LogP contribution in [0.3, 0.4) is 0 Å². The van der Waals surface area contributed by atoms with Crippen LogP contribution in [0.25, 0.3) is 0 Å². The molecule has 148 valence electrons. The number of benzene rings is 1. The van der Waals surface area contributed by atoms with Gasteiger partial charge in [0.15, 0.2) is 5.76 Å². The van der Waals surface area contributed by atoms with E-state index in [9.17, 15) is 9.59 Å². The van der Waals surface area contributed by atoms with Gasteiger partial charge in [-0.25, -0.2) is 0 Å². The normalized spacial score (nSPS) is 20.3. The second kappa shape index (κ2) is 8.27. The van der Waals surface area contributed by atoms with Crippen molar-refractivity contribution in [2.24, 2.45) is 5.92 Å². The number of carbonyl (C=O) groups is 2. The van der Waals surface area contributed by atoms with Crippen LogP contribution < -0.4 is 4.90 Å². The van der Waals surface area contributed by atoms with Gasteiger partial charge in [-0.05, 0) is 43.2 Å². The summed E-state index contributed by atoms with van der Waals surface area (Å²) in [5.74, 6) is 0.226. The molecule has 2 aromatic rings. The van der Waals surface area contributed by atoms with Crippen LogP contribution >= 0.6 is 11.6 Å². The summed E-state index contributed by atoms with van der Waals surface area (Å²) in [5.41, 5.74) is 1.09. The van der Waals surface area contributed by atoms with Gasteiger partial charge in [-0.3, -0.25) is 9.59 Å². The third kappa shape index (κ3) is 4.02. The molecule has 0 spiro atoms. The second-order valence-corrected chi connectivity index (χ2v) is 7.80. The van der Waals surface area contributed by atoms with Crippen LogP contribution in [0.4, 0.5) is 5.69 Å². The average molecular weight is 402 g/mol. The maximum absolute atomic E-state index is 13.0. The van der Waals surface area contributed by atoms with E-state index in [1.54, 1.807) is 17.0 Å². The van der Waals surface area contributed by atoms with Crippen molar-refractivity contribution in [3.05, 3.63) is 53.4 Å². The Kier molecular flexibility index (Phi) is 5.57. The van der Waals surface area contributed by atoms with E-state index < -0.39 is 0 Å². The maximum atomic E-state index is 13.0. The van der Waals surface area contributed by atoms with E-state index in [0.717, 1.165) is 36.6 Å². The van der Waals surface area contributed by atoms with E-state index in [1.165, 1.54) is 6.26 Å². The monoisotopic (exact) mass is 401 g/mol. The van der Waals surface area contributed by atoms with Crippen molar-refractivity contribution in [1.82, 2.24) is 9.80 Å². The van der Waals surface area contributed by atoms with Gasteiger partial charge >= 0.3 is 0 Å². The summed E-state index contributed by atoms with van der Waals surface area (Å²) in [6.45, 7) is 4.09. The summed E-state index contributed by atoms with van der Waals surface area (Å²) in [6, 6.07) is 11.2. The molecule has 6 nitrogen and oxygen atoms in total. The van der Waals surface area contributed by atoms with E-state index in [1.807, 2.05) is 29.2 Å². The second-order valence-electron chi connectivity index (χ2n) is 7.36. The van der Waals surface area contributed by atoms with E-state index in [0.29, 0.717) is 31.9 Å². The van der Waals surface area contributed by atoms with Crippen molar-refractivity contribution in [2.45, 2.75) is 12.8 Å². The summed E-state index contributed by atoms with van der Waals surface area (Å²) < 4.78 is 5.22. The van der Waals surface area contributed by atoms with E-state index >= 15 is 0 Å². The van der Waals surface area contributed by atoms with Crippen LogP contribution in [0.15, 0.2) is 47.1 Å². The number of halogens is 1. The number of hydrogen-bond acceptors (Lipinski definition) is 4. The molecule has 3 heterocycles. The molecule has 0 aliphatic carbocycles. The van der Waals surface area contributed by atoms with Crippen LogP contribution in [-0.2, 0) is 4.79 Å². The molecule has 0 bridgehead atoms. The SMILES string of the molecule is O=C(c1ccco1)N1CCC[C@H](C(=O)N2CCN(c3cccc(Cl)c3)CC2)C1. The number of likely N-dealkylation sites (tertiary alicyclic amines) is 1. The molecule has 1 aromatic carbocycles. The summed E-state index contributed by atoms with van der Waals surface area (Å²) in [6.07, 6.45) is 3.17. The third-order valence-corrected chi connectivity index (χ3v) is 5.79. The van der Waals surface area contributed by atoms with Gasteiger partial charge in [0.1, 0.15) is 0 Å². The Labute approximate surface area is 169 Å². The lowest BCUT2D eigenvalue weighted by molar-refractivity contribution is -0.137. The Bertz CT molecular complexity index is 831. The van der Waals surface area contributed by atoms with Crippen LogP contribution in [0.2, 0.25) is 5.02 Å². The van der Waals surface area contributed by atoms with Crippen molar-refractivity contribution in [3.8, 4) is 0 Å². The predicted octanol–water partition coefficient (Wildman–Crippen LogP) is 3.13. The Balaban J connectivity index is 1.34. The van der Waals surface area contributed by atoms with Crippen molar-refractivity contribution >= 4 is 29.1 Å². The third-order valence-electron chi connectivity index (χ3n) is 5.55. The highest BCUT2D eigenvalue weighted by Crippen LogP contribution is 2.24. The highest BCUT2D eigenvalue weighted by atomic mass is 35.5. The molecule has 0 N–H and O–H groups in total. The minimum absolute atomic E-state index is 0.131. The first-order chi connectivity index (χ1) is 13.6. The molecule has 0 unspecified atom stereocenters. The van der Waals surface area contributed by atoms with Crippen LogP contribution in [0.1, 0.15) is 23.4 Å². The van der Waals surface area contributed by atoms with Crippen molar-refractivity contribution in [3.63, 3.8) is 0 Å². The largest absolute Gasteiger partial charge is 0.459 e. The quantitative estimate of drug-likeness (QED) is 0.792. The fourth-order valence-electron chi connectivity index (χ4n) is 4.04. The number of amides is 2. The summed E-state index contributed by atoms with van der Waals surface area (Å²) >= 11 is 6.09. The standard InChI is InChI=1S/C21H24ClN3O3/c22-17-5-1-6-18(14-17)23-9-11-24(12-10-23)20(26)16-4-2-8-25(15-16)21(27)19-7-3-13-28-19/h1,3,5-7,13-14,16H,2,4,8-12,15H2/t16-/m0/s1. The molecule has 1 atom stereocenters. The molecule has 7 heteroatoms. The van der Waals surface area contributed by atoms with Crippen molar-refractivity contribution in [1.29, 1.82) is 0 Å². The van der Waals surface area contributed by atoms with Gasteiger partial charge in [-0.1, -0.05) is 17.7 Å². The number of carbonyl (C=O) groups excluding carboxylic acids is 2. The lowest BCUT2D eigenvalue weighted by Crippen LogP contribution is -2.53. The molecule has 28 heavy (non-hydrogen) atoms. The predicted molar refractivity (Wildman–Crippen MR) is 108 cm³/mol. The lowest BCUT2D eigenvalue weighted by Gasteiger charge is -2.39. The summed E-state index contributed by atoms with van der Waals surface area (Å²) in [7, 11) is 0. The van der Waals surface area contributed by atoms with Gasteiger partial charge in [-0.15, -0.1) is 0 Å². The Morgan fingerprint density at radius 1 is 1.00 bits per heavy atom. The van der Waals surface area contributed by atoms with Crippen LogP contribution in [-0.4, -0.2) is 60.9 Å². The zero-order chi connectivity index (χ0) is 19.5. The van der Waals surface area contributed by atoms with E-state index in [-0.39, 0.29) is 17.7 Å². The minimum atomic E-state index is -0.134. The smallest absolute Gasteiger partial charge is 0.289 e. The van der Waals surface area contributed by atoms with Gasteiger partial charge in [0.25, 0.3) is 5.91 Å². The number of furan rings is 1. The molecule has 4 rings (SSSR count). The molecule has 2 amide bonds. The number of anilines is 1. The van der Waals surface area contributed by atoms with Crippen LogP contribution in [0, 0.1) is 5.92 Å². The molecule has 0 saturated carbocycles. The van der Waals surface area contributed by atoms with Crippen molar-refractivity contribution < 1.29 is 14.0 Å². The molecule has 2 fully saturated rings. The Morgan fingerprint density at radius 3 is 2.54 bits per heavy atom. The topological polar surface area (TPSA) is 57.0 Å². The summed E-state index contributed by atoms with van der Waals surface area (Å²) in [5, 5.41) is 0.722. The highest BCUT2D eigenvalue weighted by molar-refractivity contribution is 6.30. The number of nitrogens with zero attached hydrogens (tertiary/aromatic N) is 3. The lowest BCUT2D eigenvalue weighted by atomic mass is 9.96. The molecule has 2 aliphatic heterocycles. The first kappa shape index (κ1) is 18.9. The minimum Gasteiger partial charge on any atom is -0.459 e. The molecule has 0 radical (unpaired) electrons. The zero-order valence-corrected chi connectivity index (χ0v) is 16.5. The van der Waals surface area contributed by atoms with Crippen LogP contribution in [0.5, 0.6) is 0 Å². The van der Waals surface area contributed by atoms with Gasteiger partial charge < -0.3 is 19.1 Å². The van der Waals surface area contributed by atoms with Crippen molar-refractivity contribution in [2.75, 3.05) is 44.2 Å². The number of piperazine rings is 1. The zero-order valence-electron chi connectivity index (χ0n) is 15.7. The first-order valence-electron chi connectivity index (χ1n) is 9.74.